The van der Waals surface area contributed by atoms with Crippen molar-refractivity contribution in [1.29, 1.82) is 0 Å². The van der Waals surface area contributed by atoms with Crippen LogP contribution >= 0.6 is 0 Å². The van der Waals surface area contributed by atoms with Crippen molar-refractivity contribution in [1.82, 2.24) is 19.4 Å². The zero-order valence-electron chi connectivity index (χ0n) is 18.3. The second-order valence-electron chi connectivity index (χ2n) is 8.91. The molecule has 1 amide bonds. The predicted octanol–water partition coefficient (Wildman–Crippen LogP) is 5.54. The zero-order valence-corrected chi connectivity index (χ0v) is 18.3. The Morgan fingerprint density at radius 1 is 1.17 bits per heavy atom. The zero-order chi connectivity index (χ0) is 21.1. The fourth-order valence-electron chi connectivity index (χ4n) is 4.45. The van der Waals surface area contributed by atoms with Crippen LogP contribution in [0.2, 0.25) is 0 Å². The number of pyridine rings is 1. The molecule has 2 heterocycles. The highest BCUT2D eigenvalue weighted by atomic mass is 16.2. The Morgan fingerprint density at radius 2 is 1.93 bits per heavy atom. The number of fused-ring (bicyclic) bond motifs is 1. The van der Waals surface area contributed by atoms with Crippen LogP contribution in [-0.4, -0.2) is 31.9 Å². The summed E-state index contributed by atoms with van der Waals surface area (Å²) >= 11 is 0. The number of hydrogen-bond donors (Lipinski definition) is 0. The molecule has 0 radical (unpaired) electrons. The van der Waals surface area contributed by atoms with E-state index >= 15 is 0 Å². The average molecular weight is 405 g/mol. The Kier molecular flexibility index (Phi) is 6.16. The number of aromatic nitrogens is 3. The standard InChI is InChI=1S/C25H32N4O/c1-18(2)14-16-28(25(30)21-12-7-4-9-19(21)3)17-23-27-22-13-8-15-26-24(22)29(23)20-10-5-6-11-20/h4,7-9,12-13,15,18,20H,5-6,10-11,14,16-17H2,1-3H3. The van der Waals surface area contributed by atoms with Crippen LogP contribution in [-0.2, 0) is 6.54 Å². The molecule has 0 spiro atoms. The van der Waals surface area contributed by atoms with E-state index in [-0.39, 0.29) is 5.91 Å². The third-order valence-corrected chi connectivity index (χ3v) is 6.18. The average Bonchev–Trinajstić information content (AvgIpc) is 3.38. The van der Waals surface area contributed by atoms with Gasteiger partial charge in [0.1, 0.15) is 11.3 Å². The molecular formula is C25H32N4O. The molecule has 1 aromatic carbocycles. The second-order valence-corrected chi connectivity index (χ2v) is 8.91. The molecule has 0 N–H and O–H groups in total. The molecule has 0 atom stereocenters. The van der Waals surface area contributed by atoms with Gasteiger partial charge < -0.3 is 9.47 Å². The highest BCUT2D eigenvalue weighted by molar-refractivity contribution is 5.95. The molecule has 1 fully saturated rings. The molecular weight excluding hydrogens is 372 g/mol. The maximum Gasteiger partial charge on any atom is 0.254 e. The maximum atomic E-state index is 13.5. The molecule has 1 aliphatic carbocycles. The Labute approximate surface area is 179 Å². The summed E-state index contributed by atoms with van der Waals surface area (Å²) in [6.45, 7) is 7.66. The minimum Gasteiger partial charge on any atom is -0.331 e. The lowest BCUT2D eigenvalue weighted by atomic mass is 10.1. The first kappa shape index (κ1) is 20.6. The number of imidazole rings is 1. The molecule has 2 aromatic heterocycles. The number of amides is 1. The Hall–Kier alpha value is -2.69. The van der Waals surface area contributed by atoms with Crippen LogP contribution < -0.4 is 0 Å². The number of rotatable bonds is 7. The molecule has 0 aliphatic heterocycles. The Bertz CT molecular complexity index is 1020. The van der Waals surface area contributed by atoms with Crippen LogP contribution in [0, 0.1) is 12.8 Å². The van der Waals surface area contributed by atoms with Gasteiger partial charge in [0.25, 0.3) is 5.91 Å². The van der Waals surface area contributed by atoms with Crippen molar-refractivity contribution in [2.24, 2.45) is 5.92 Å². The number of carbonyl (C=O) groups excluding carboxylic acids is 1. The van der Waals surface area contributed by atoms with Crippen molar-refractivity contribution in [3.05, 3.63) is 59.5 Å². The largest absolute Gasteiger partial charge is 0.331 e. The maximum absolute atomic E-state index is 13.5. The molecule has 30 heavy (non-hydrogen) atoms. The fourth-order valence-corrected chi connectivity index (χ4v) is 4.45. The number of aryl methyl sites for hydroxylation is 1. The number of hydrogen-bond acceptors (Lipinski definition) is 3. The van der Waals surface area contributed by atoms with E-state index in [1.165, 1.54) is 12.8 Å². The number of nitrogens with zero attached hydrogens (tertiary/aromatic N) is 4. The quantitative estimate of drug-likeness (QED) is 0.519. The highest BCUT2D eigenvalue weighted by Crippen LogP contribution is 2.33. The first-order valence-corrected chi connectivity index (χ1v) is 11.2. The van der Waals surface area contributed by atoms with E-state index in [1.54, 1.807) is 0 Å². The van der Waals surface area contributed by atoms with Crippen molar-refractivity contribution in [2.45, 2.75) is 65.5 Å². The molecule has 5 nitrogen and oxygen atoms in total. The van der Waals surface area contributed by atoms with Gasteiger partial charge in [0.05, 0.1) is 6.54 Å². The summed E-state index contributed by atoms with van der Waals surface area (Å²) in [5, 5.41) is 0. The lowest BCUT2D eigenvalue weighted by Gasteiger charge is -2.25. The van der Waals surface area contributed by atoms with Crippen molar-refractivity contribution in [2.75, 3.05) is 6.54 Å². The minimum absolute atomic E-state index is 0.0896. The van der Waals surface area contributed by atoms with Gasteiger partial charge in [-0.15, -0.1) is 0 Å². The van der Waals surface area contributed by atoms with Crippen molar-refractivity contribution >= 4 is 17.1 Å². The van der Waals surface area contributed by atoms with E-state index in [4.69, 9.17) is 4.98 Å². The van der Waals surface area contributed by atoms with E-state index in [2.05, 4.69) is 23.4 Å². The van der Waals surface area contributed by atoms with Gasteiger partial charge >= 0.3 is 0 Å². The number of carbonyl (C=O) groups is 1. The summed E-state index contributed by atoms with van der Waals surface area (Å²) in [7, 11) is 0. The highest BCUT2D eigenvalue weighted by Gasteiger charge is 2.26. The molecule has 1 saturated carbocycles. The Balaban J connectivity index is 1.70. The van der Waals surface area contributed by atoms with Crippen LogP contribution in [0.25, 0.3) is 11.2 Å². The van der Waals surface area contributed by atoms with Gasteiger partial charge in [0, 0.05) is 24.3 Å². The SMILES string of the molecule is Cc1ccccc1C(=O)N(CCC(C)C)Cc1nc2cccnc2n1C1CCCC1. The lowest BCUT2D eigenvalue weighted by Crippen LogP contribution is -2.34. The van der Waals surface area contributed by atoms with Crippen molar-refractivity contribution < 1.29 is 4.79 Å². The Morgan fingerprint density at radius 3 is 2.67 bits per heavy atom. The molecule has 5 heteroatoms. The van der Waals surface area contributed by atoms with E-state index < -0.39 is 0 Å². The lowest BCUT2D eigenvalue weighted by molar-refractivity contribution is 0.0727. The van der Waals surface area contributed by atoms with Gasteiger partial charge in [-0.1, -0.05) is 44.9 Å². The summed E-state index contributed by atoms with van der Waals surface area (Å²) in [5.74, 6) is 1.58. The molecule has 1 aliphatic rings. The van der Waals surface area contributed by atoms with Gasteiger partial charge in [-0.3, -0.25) is 4.79 Å². The fraction of sp³-hybridized carbons (Fsp3) is 0.480. The van der Waals surface area contributed by atoms with Crippen molar-refractivity contribution in [3.8, 4) is 0 Å². The van der Waals surface area contributed by atoms with Gasteiger partial charge in [-0.05, 0) is 55.9 Å². The first-order chi connectivity index (χ1) is 14.5. The summed E-state index contributed by atoms with van der Waals surface area (Å²) < 4.78 is 2.32. The summed E-state index contributed by atoms with van der Waals surface area (Å²) in [5.41, 5.74) is 3.67. The van der Waals surface area contributed by atoms with Crippen LogP contribution in [0.4, 0.5) is 0 Å². The number of benzene rings is 1. The molecule has 158 valence electrons. The molecule has 0 unspecified atom stereocenters. The molecule has 0 saturated heterocycles. The molecule has 0 bridgehead atoms. The van der Waals surface area contributed by atoms with E-state index in [0.29, 0.717) is 18.5 Å². The minimum atomic E-state index is 0.0896. The third kappa shape index (κ3) is 4.25. The van der Waals surface area contributed by atoms with Crippen LogP contribution in [0.5, 0.6) is 0 Å². The topological polar surface area (TPSA) is 51.0 Å². The predicted molar refractivity (Wildman–Crippen MR) is 120 cm³/mol. The van der Waals surface area contributed by atoms with E-state index in [0.717, 1.165) is 53.9 Å². The van der Waals surface area contributed by atoms with E-state index in [1.807, 2.05) is 54.4 Å². The first-order valence-electron chi connectivity index (χ1n) is 11.2. The van der Waals surface area contributed by atoms with Gasteiger partial charge in [0.15, 0.2) is 5.65 Å². The van der Waals surface area contributed by atoms with Gasteiger partial charge in [-0.25, -0.2) is 9.97 Å². The third-order valence-electron chi connectivity index (χ3n) is 6.18. The normalized spacial score (nSPS) is 14.7. The second kappa shape index (κ2) is 8.99. The van der Waals surface area contributed by atoms with Crippen LogP contribution in [0.1, 0.15) is 73.7 Å². The van der Waals surface area contributed by atoms with E-state index in [9.17, 15) is 4.79 Å². The summed E-state index contributed by atoms with van der Waals surface area (Å²) in [4.78, 5) is 25.1. The van der Waals surface area contributed by atoms with Crippen molar-refractivity contribution in [3.63, 3.8) is 0 Å². The summed E-state index contributed by atoms with van der Waals surface area (Å²) in [6, 6.07) is 12.3. The monoisotopic (exact) mass is 404 g/mol. The van der Waals surface area contributed by atoms with Crippen LogP contribution in [0.15, 0.2) is 42.6 Å². The van der Waals surface area contributed by atoms with Gasteiger partial charge in [0.2, 0.25) is 0 Å². The van der Waals surface area contributed by atoms with Crippen LogP contribution in [0.3, 0.4) is 0 Å². The van der Waals surface area contributed by atoms with Gasteiger partial charge in [-0.2, -0.15) is 0 Å². The molecule has 4 rings (SSSR count). The summed E-state index contributed by atoms with van der Waals surface area (Å²) in [6.07, 6.45) is 7.62. The molecule has 3 aromatic rings. The smallest absolute Gasteiger partial charge is 0.254 e.